The van der Waals surface area contributed by atoms with Crippen LogP contribution in [0.5, 0.6) is 5.75 Å². The van der Waals surface area contributed by atoms with Crippen molar-refractivity contribution in [3.63, 3.8) is 0 Å². The van der Waals surface area contributed by atoms with Crippen LogP contribution in [0.4, 0.5) is 0 Å². The molecule has 1 N–H and O–H groups in total. The number of nitrogens with one attached hydrogen (secondary N) is 1. The van der Waals surface area contributed by atoms with Crippen LogP contribution in [0.2, 0.25) is 15.1 Å². The number of rotatable bonds is 7. The van der Waals surface area contributed by atoms with E-state index in [0.717, 1.165) is 4.90 Å². The van der Waals surface area contributed by atoms with Gasteiger partial charge in [0.05, 0.1) is 11.2 Å². The summed E-state index contributed by atoms with van der Waals surface area (Å²) in [6, 6.07) is 15.7. The average Bonchev–Trinajstić information content (AvgIpc) is 3.10. The zero-order valence-corrected chi connectivity index (χ0v) is 17.3. The molecule has 3 aromatic rings. The molecule has 5 nitrogen and oxygen atoms in total. The molecule has 144 valence electrons. The van der Waals surface area contributed by atoms with Gasteiger partial charge in [-0.15, -0.1) is 0 Å². The molecule has 0 aliphatic heterocycles. The van der Waals surface area contributed by atoms with Gasteiger partial charge in [-0.2, -0.15) is 5.10 Å². The summed E-state index contributed by atoms with van der Waals surface area (Å²) >= 11 is 19.1. The van der Waals surface area contributed by atoms with Crippen molar-refractivity contribution in [1.29, 1.82) is 0 Å². The first kappa shape index (κ1) is 20.6. The lowest BCUT2D eigenvalue weighted by atomic mass is 10.3. The molecule has 9 heteroatoms. The third-order valence-electron chi connectivity index (χ3n) is 3.27. The summed E-state index contributed by atoms with van der Waals surface area (Å²) in [5, 5.41) is 6.02. The maximum atomic E-state index is 11.8. The molecule has 0 saturated heterocycles. The maximum Gasteiger partial charge on any atom is 0.277 e. The Kier molecular flexibility index (Phi) is 7.28. The van der Waals surface area contributed by atoms with Crippen molar-refractivity contribution in [2.24, 2.45) is 5.10 Å². The van der Waals surface area contributed by atoms with E-state index in [-0.39, 0.29) is 6.61 Å². The van der Waals surface area contributed by atoms with Crippen LogP contribution < -0.4 is 10.2 Å². The summed E-state index contributed by atoms with van der Waals surface area (Å²) in [5.41, 5.74) is 2.35. The molecule has 0 saturated carbocycles. The Morgan fingerprint density at radius 2 is 1.82 bits per heavy atom. The Morgan fingerprint density at radius 1 is 1.07 bits per heavy atom. The molecule has 0 unspecified atom stereocenters. The Hall–Kier alpha value is -2.12. The number of hydrogen-bond donors (Lipinski definition) is 1. The minimum absolute atomic E-state index is 0.242. The van der Waals surface area contributed by atoms with Crippen LogP contribution in [0.15, 0.2) is 74.1 Å². The first-order valence-electron chi connectivity index (χ1n) is 7.92. The van der Waals surface area contributed by atoms with Crippen molar-refractivity contribution >= 4 is 58.7 Å². The highest BCUT2D eigenvalue weighted by Gasteiger charge is 2.06. The van der Waals surface area contributed by atoms with Gasteiger partial charge in [-0.1, -0.05) is 46.6 Å². The van der Waals surface area contributed by atoms with Gasteiger partial charge in [-0.3, -0.25) is 4.79 Å². The number of amides is 1. The molecule has 3 rings (SSSR count). The van der Waals surface area contributed by atoms with Crippen molar-refractivity contribution in [1.82, 2.24) is 5.43 Å². The van der Waals surface area contributed by atoms with Crippen LogP contribution in [0, 0.1) is 0 Å². The highest BCUT2D eigenvalue weighted by Crippen LogP contribution is 2.30. The van der Waals surface area contributed by atoms with Crippen LogP contribution in [-0.4, -0.2) is 18.7 Å². The zero-order valence-electron chi connectivity index (χ0n) is 14.2. The standard InChI is InChI=1S/C19H13Cl3N2O3S/c20-12-1-5-15(6-2-12)28-19-8-4-14(27-19)10-23-24-18(25)11-26-17-7-3-13(21)9-16(17)22/h1-10H,11H2,(H,24,25)/b23-10+. The van der Waals surface area contributed by atoms with Crippen molar-refractivity contribution in [2.75, 3.05) is 6.61 Å². The van der Waals surface area contributed by atoms with E-state index in [1.54, 1.807) is 18.2 Å². The summed E-state index contributed by atoms with van der Waals surface area (Å²) < 4.78 is 10.9. The van der Waals surface area contributed by atoms with E-state index < -0.39 is 5.91 Å². The number of furan rings is 1. The Bertz CT molecular complexity index is 990. The Morgan fingerprint density at radius 3 is 2.57 bits per heavy atom. The molecular formula is C19H13Cl3N2O3S. The monoisotopic (exact) mass is 454 g/mol. The molecule has 0 radical (unpaired) electrons. The predicted molar refractivity (Wildman–Crippen MR) is 112 cm³/mol. The molecule has 2 aromatic carbocycles. The van der Waals surface area contributed by atoms with E-state index in [0.29, 0.717) is 31.7 Å². The van der Waals surface area contributed by atoms with Gasteiger partial charge in [-0.05, 0) is 54.6 Å². The molecule has 0 bridgehead atoms. The number of carbonyl (C=O) groups is 1. The van der Waals surface area contributed by atoms with Crippen molar-refractivity contribution < 1.29 is 13.9 Å². The number of halogens is 3. The van der Waals surface area contributed by atoms with E-state index in [9.17, 15) is 4.79 Å². The lowest BCUT2D eigenvalue weighted by molar-refractivity contribution is -0.123. The van der Waals surface area contributed by atoms with Crippen LogP contribution in [0.3, 0.4) is 0 Å². The number of nitrogens with zero attached hydrogens (tertiary/aromatic N) is 1. The lowest BCUT2D eigenvalue weighted by Crippen LogP contribution is -2.24. The Balaban J connectivity index is 1.47. The normalized spacial score (nSPS) is 11.0. The molecule has 0 aliphatic carbocycles. The van der Waals surface area contributed by atoms with Gasteiger partial charge >= 0.3 is 0 Å². The second-order valence-corrected chi connectivity index (χ2v) is 7.73. The fraction of sp³-hybridized carbons (Fsp3) is 0.0526. The highest BCUT2D eigenvalue weighted by atomic mass is 35.5. The summed E-state index contributed by atoms with van der Waals surface area (Å²) in [4.78, 5) is 12.8. The van der Waals surface area contributed by atoms with Gasteiger partial charge in [0.2, 0.25) is 0 Å². The van der Waals surface area contributed by atoms with Gasteiger partial charge in [0.25, 0.3) is 5.91 Å². The van der Waals surface area contributed by atoms with Gasteiger partial charge < -0.3 is 9.15 Å². The lowest BCUT2D eigenvalue weighted by Gasteiger charge is -2.06. The topological polar surface area (TPSA) is 63.8 Å². The van der Waals surface area contributed by atoms with Crippen LogP contribution in [-0.2, 0) is 4.79 Å². The number of hydrazone groups is 1. The number of ether oxygens (including phenoxy) is 1. The van der Waals surface area contributed by atoms with E-state index in [2.05, 4.69) is 10.5 Å². The van der Waals surface area contributed by atoms with Crippen LogP contribution in [0.25, 0.3) is 0 Å². The smallest absolute Gasteiger partial charge is 0.277 e. The van der Waals surface area contributed by atoms with Crippen LogP contribution in [0.1, 0.15) is 5.76 Å². The summed E-state index contributed by atoms with van der Waals surface area (Å²) in [5.74, 6) is 0.420. The largest absolute Gasteiger partial charge is 0.482 e. The van der Waals surface area contributed by atoms with E-state index in [1.165, 1.54) is 24.0 Å². The molecule has 0 aliphatic rings. The zero-order chi connectivity index (χ0) is 19.9. The van der Waals surface area contributed by atoms with E-state index >= 15 is 0 Å². The number of hydrogen-bond acceptors (Lipinski definition) is 5. The number of benzene rings is 2. The van der Waals surface area contributed by atoms with Crippen LogP contribution >= 0.6 is 46.6 Å². The van der Waals surface area contributed by atoms with Gasteiger partial charge in [-0.25, -0.2) is 5.43 Å². The van der Waals surface area contributed by atoms with Crippen molar-refractivity contribution in [2.45, 2.75) is 9.99 Å². The molecule has 1 aromatic heterocycles. The second-order valence-electron chi connectivity index (χ2n) is 5.37. The average molecular weight is 456 g/mol. The summed E-state index contributed by atoms with van der Waals surface area (Å²) in [6.07, 6.45) is 1.40. The van der Waals surface area contributed by atoms with Gasteiger partial charge in [0.15, 0.2) is 11.7 Å². The second kappa shape index (κ2) is 9.89. The first-order valence-corrected chi connectivity index (χ1v) is 9.87. The SMILES string of the molecule is O=C(COc1ccc(Cl)cc1Cl)N/N=C/c1ccc(Sc2ccc(Cl)cc2)o1. The van der Waals surface area contributed by atoms with E-state index in [1.807, 2.05) is 30.3 Å². The maximum absolute atomic E-state index is 11.8. The molecule has 1 amide bonds. The fourth-order valence-electron chi connectivity index (χ4n) is 2.01. The first-order chi connectivity index (χ1) is 13.5. The fourth-order valence-corrected chi connectivity index (χ4v) is 3.38. The molecule has 0 fully saturated rings. The minimum Gasteiger partial charge on any atom is -0.482 e. The Labute approximate surface area is 180 Å². The molecule has 1 heterocycles. The summed E-state index contributed by atoms with van der Waals surface area (Å²) in [7, 11) is 0. The predicted octanol–water partition coefficient (Wildman–Crippen LogP) is 5.92. The van der Waals surface area contributed by atoms with Crippen molar-refractivity contribution in [3.05, 3.63) is 75.4 Å². The van der Waals surface area contributed by atoms with E-state index in [4.69, 9.17) is 44.0 Å². The third-order valence-corrected chi connectivity index (χ3v) is 4.98. The number of carbonyl (C=O) groups excluding carboxylic acids is 1. The molecule has 28 heavy (non-hydrogen) atoms. The quantitative estimate of drug-likeness (QED) is 0.355. The molecular weight excluding hydrogens is 443 g/mol. The minimum atomic E-state index is -0.440. The highest BCUT2D eigenvalue weighted by molar-refractivity contribution is 7.99. The molecule has 0 spiro atoms. The van der Waals surface area contributed by atoms with Gasteiger partial charge in [0.1, 0.15) is 11.5 Å². The molecule has 0 atom stereocenters. The third kappa shape index (κ3) is 6.21. The summed E-state index contributed by atoms with van der Waals surface area (Å²) in [6.45, 7) is -0.242. The van der Waals surface area contributed by atoms with Gasteiger partial charge in [0, 0.05) is 14.9 Å². The van der Waals surface area contributed by atoms with Crippen molar-refractivity contribution in [3.8, 4) is 5.75 Å².